The van der Waals surface area contributed by atoms with E-state index in [0.717, 1.165) is 24.3 Å². The molecule has 2 aromatic heterocycles. The van der Waals surface area contributed by atoms with Crippen LogP contribution in [0.4, 0.5) is 0 Å². The van der Waals surface area contributed by atoms with Crippen LogP contribution in [0.5, 0.6) is 5.75 Å². The molecule has 4 rings (SSSR count). The lowest BCUT2D eigenvalue weighted by molar-refractivity contribution is -0.118. The third-order valence-electron chi connectivity index (χ3n) is 4.11. The van der Waals surface area contributed by atoms with Gasteiger partial charge < -0.3 is 10.1 Å². The van der Waals surface area contributed by atoms with Crippen molar-refractivity contribution in [3.63, 3.8) is 0 Å². The summed E-state index contributed by atoms with van der Waals surface area (Å²) >= 11 is 1.36. The van der Waals surface area contributed by atoms with Gasteiger partial charge in [0.1, 0.15) is 11.4 Å². The van der Waals surface area contributed by atoms with Crippen LogP contribution in [0.1, 0.15) is 12.8 Å². The van der Waals surface area contributed by atoms with E-state index in [1.807, 2.05) is 47.0 Å². The zero-order valence-corrected chi connectivity index (χ0v) is 15.6. The van der Waals surface area contributed by atoms with Gasteiger partial charge in [-0.15, -0.1) is 10.2 Å². The summed E-state index contributed by atoms with van der Waals surface area (Å²) in [6.45, 7) is 0. The summed E-state index contributed by atoms with van der Waals surface area (Å²) < 4.78 is 7.25. The lowest BCUT2D eigenvalue weighted by Gasteiger charge is -2.11. The number of hydrogen-bond donors (Lipinski definition) is 1. The molecule has 0 aliphatic heterocycles. The molecule has 1 fully saturated rings. The first-order chi connectivity index (χ1) is 13.2. The molecule has 138 valence electrons. The number of carbonyl (C=O) groups is 1. The van der Waals surface area contributed by atoms with Crippen molar-refractivity contribution < 1.29 is 9.53 Å². The van der Waals surface area contributed by atoms with E-state index >= 15 is 0 Å². The average molecular weight is 381 g/mol. The maximum atomic E-state index is 12.1. The Balaban J connectivity index is 1.67. The maximum Gasteiger partial charge on any atom is 0.230 e. The lowest BCUT2D eigenvalue weighted by atomic mass is 10.2. The van der Waals surface area contributed by atoms with E-state index in [2.05, 4.69) is 20.5 Å². The SMILES string of the molecule is COc1cccc(-n2c(SCC(=O)NC3CC3)nnc2-c2ccccn2)c1. The number of aromatic nitrogens is 4. The molecule has 1 aromatic carbocycles. The number of nitrogens with zero attached hydrogens (tertiary/aromatic N) is 4. The van der Waals surface area contributed by atoms with Gasteiger partial charge in [-0.05, 0) is 37.1 Å². The zero-order chi connectivity index (χ0) is 18.6. The van der Waals surface area contributed by atoms with Gasteiger partial charge in [-0.2, -0.15) is 0 Å². The minimum Gasteiger partial charge on any atom is -0.497 e. The van der Waals surface area contributed by atoms with Crippen molar-refractivity contribution in [2.75, 3.05) is 12.9 Å². The van der Waals surface area contributed by atoms with Crippen LogP contribution in [-0.4, -0.2) is 44.6 Å². The van der Waals surface area contributed by atoms with Crippen LogP contribution in [-0.2, 0) is 4.79 Å². The molecule has 8 heteroatoms. The third-order valence-corrected chi connectivity index (χ3v) is 5.04. The van der Waals surface area contributed by atoms with Crippen molar-refractivity contribution in [3.05, 3.63) is 48.7 Å². The van der Waals surface area contributed by atoms with Gasteiger partial charge in [0.2, 0.25) is 5.91 Å². The number of nitrogens with one attached hydrogen (secondary N) is 1. The molecule has 7 nitrogen and oxygen atoms in total. The van der Waals surface area contributed by atoms with E-state index in [-0.39, 0.29) is 5.91 Å². The summed E-state index contributed by atoms with van der Waals surface area (Å²) in [5, 5.41) is 12.3. The molecule has 1 amide bonds. The van der Waals surface area contributed by atoms with Crippen LogP contribution in [0.2, 0.25) is 0 Å². The van der Waals surface area contributed by atoms with Crippen molar-refractivity contribution in [3.8, 4) is 23.0 Å². The Bertz CT molecular complexity index is 940. The smallest absolute Gasteiger partial charge is 0.230 e. The molecular weight excluding hydrogens is 362 g/mol. The topological polar surface area (TPSA) is 81.9 Å². The molecule has 1 saturated carbocycles. The van der Waals surface area contributed by atoms with Gasteiger partial charge in [0.15, 0.2) is 11.0 Å². The molecule has 0 atom stereocenters. The van der Waals surface area contributed by atoms with Crippen LogP contribution < -0.4 is 10.1 Å². The second kappa shape index (κ2) is 7.79. The van der Waals surface area contributed by atoms with Gasteiger partial charge in [-0.1, -0.05) is 23.9 Å². The van der Waals surface area contributed by atoms with E-state index in [1.165, 1.54) is 11.8 Å². The summed E-state index contributed by atoms with van der Waals surface area (Å²) in [6, 6.07) is 13.6. The van der Waals surface area contributed by atoms with Crippen molar-refractivity contribution in [1.82, 2.24) is 25.1 Å². The molecule has 1 aliphatic carbocycles. The fourth-order valence-corrected chi connectivity index (χ4v) is 3.40. The molecule has 2 heterocycles. The van der Waals surface area contributed by atoms with E-state index in [1.54, 1.807) is 13.3 Å². The predicted molar refractivity (Wildman–Crippen MR) is 103 cm³/mol. The van der Waals surface area contributed by atoms with Gasteiger partial charge in [0.25, 0.3) is 0 Å². The lowest BCUT2D eigenvalue weighted by Crippen LogP contribution is -2.27. The highest BCUT2D eigenvalue weighted by Gasteiger charge is 2.24. The van der Waals surface area contributed by atoms with Gasteiger partial charge in [-0.3, -0.25) is 14.3 Å². The van der Waals surface area contributed by atoms with Gasteiger partial charge in [0.05, 0.1) is 18.6 Å². The predicted octanol–water partition coefficient (Wildman–Crippen LogP) is 2.71. The fourth-order valence-electron chi connectivity index (χ4n) is 2.63. The summed E-state index contributed by atoms with van der Waals surface area (Å²) in [5.41, 5.74) is 1.56. The number of carbonyl (C=O) groups excluding carboxylic acids is 1. The summed E-state index contributed by atoms with van der Waals surface area (Å²) in [5.74, 6) is 1.66. The van der Waals surface area contributed by atoms with Crippen molar-refractivity contribution in [1.29, 1.82) is 0 Å². The number of amides is 1. The Morgan fingerprint density at radius 2 is 2.15 bits per heavy atom. The minimum atomic E-state index is 0.0158. The fraction of sp³-hybridized carbons (Fsp3) is 0.263. The van der Waals surface area contributed by atoms with Gasteiger partial charge in [0, 0.05) is 18.3 Å². The van der Waals surface area contributed by atoms with Crippen LogP contribution in [0.15, 0.2) is 53.8 Å². The van der Waals surface area contributed by atoms with Crippen LogP contribution in [0.25, 0.3) is 17.2 Å². The van der Waals surface area contributed by atoms with E-state index < -0.39 is 0 Å². The first-order valence-corrected chi connectivity index (χ1v) is 9.66. The van der Waals surface area contributed by atoms with E-state index in [4.69, 9.17) is 4.74 Å². The quantitative estimate of drug-likeness (QED) is 0.634. The Morgan fingerprint density at radius 3 is 2.89 bits per heavy atom. The van der Waals surface area contributed by atoms with Crippen LogP contribution in [0.3, 0.4) is 0 Å². The van der Waals surface area contributed by atoms with Crippen LogP contribution >= 0.6 is 11.8 Å². The number of thioether (sulfide) groups is 1. The summed E-state index contributed by atoms with van der Waals surface area (Å²) in [7, 11) is 1.63. The number of ether oxygens (including phenoxy) is 1. The normalized spacial score (nSPS) is 13.4. The second-order valence-corrected chi connectivity index (χ2v) is 7.13. The molecule has 0 unspecified atom stereocenters. The monoisotopic (exact) mass is 381 g/mol. The highest BCUT2D eigenvalue weighted by molar-refractivity contribution is 7.99. The molecule has 27 heavy (non-hydrogen) atoms. The van der Waals surface area contributed by atoms with E-state index in [0.29, 0.717) is 28.5 Å². The summed E-state index contributed by atoms with van der Waals surface area (Å²) in [6.07, 6.45) is 3.86. The van der Waals surface area contributed by atoms with Crippen molar-refractivity contribution in [2.24, 2.45) is 0 Å². The number of benzene rings is 1. The minimum absolute atomic E-state index is 0.0158. The third kappa shape index (κ3) is 4.11. The molecule has 0 radical (unpaired) electrons. The second-order valence-electron chi connectivity index (χ2n) is 6.19. The van der Waals surface area contributed by atoms with Crippen molar-refractivity contribution >= 4 is 17.7 Å². The van der Waals surface area contributed by atoms with Crippen molar-refractivity contribution in [2.45, 2.75) is 24.0 Å². The summed E-state index contributed by atoms with van der Waals surface area (Å²) in [4.78, 5) is 16.5. The maximum absolute atomic E-state index is 12.1. The van der Waals surface area contributed by atoms with Gasteiger partial charge in [-0.25, -0.2) is 0 Å². The molecular formula is C19H19N5O2S. The molecule has 0 spiro atoms. The first kappa shape index (κ1) is 17.5. The Morgan fingerprint density at radius 1 is 1.26 bits per heavy atom. The number of pyridine rings is 1. The Labute approximate surface area is 161 Å². The molecule has 1 N–H and O–H groups in total. The molecule has 0 saturated heterocycles. The Kier molecular flexibility index (Phi) is 5.06. The Hall–Kier alpha value is -2.87. The largest absolute Gasteiger partial charge is 0.497 e. The molecule has 0 bridgehead atoms. The number of hydrogen-bond acceptors (Lipinski definition) is 6. The average Bonchev–Trinajstić information content (AvgIpc) is 3.42. The van der Waals surface area contributed by atoms with Crippen LogP contribution in [0, 0.1) is 0 Å². The highest BCUT2D eigenvalue weighted by Crippen LogP contribution is 2.28. The van der Waals surface area contributed by atoms with E-state index in [9.17, 15) is 4.79 Å². The number of rotatable bonds is 7. The molecule has 1 aliphatic rings. The zero-order valence-electron chi connectivity index (χ0n) is 14.8. The molecule has 3 aromatic rings. The highest BCUT2D eigenvalue weighted by atomic mass is 32.2. The standard InChI is InChI=1S/C19H19N5O2S/c1-26-15-6-4-5-14(11-15)24-18(16-7-2-3-10-20-16)22-23-19(24)27-12-17(25)21-13-8-9-13/h2-7,10-11,13H,8-9,12H2,1H3,(H,21,25). The first-order valence-electron chi connectivity index (χ1n) is 8.68. The number of methoxy groups -OCH3 is 1. The van der Waals surface area contributed by atoms with Gasteiger partial charge >= 0.3 is 0 Å².